The minimum Gasteiger partial charge on any atom is -0.480 e. The van der Waals surface area contributed by atoms with E-state index < -0.39 is 12.1 Å². The van der Waals surface area contributed by atoms with Crippen molar-refractivity contribution >= 4 is 18.0 Å². The number of carbonyl (C=O) groups is 3. The van der Waals surface area contributed by atoms with Crippen molar-refractivity contribution in [2.75, 3.05) is 32.8 Å². The molecule has 130 valence electrons. The third kappa shape index (κ3) is 3.66. The molecule has 0 bridgehead atoms. The van der Waals surface area contributed by atoms with Crippen LogP contribution >= 0.6 is 0 Å². The van der Waals surface area contributed by atoms with Crippen LogP contribution in [-0.4, -0.2) is 75.4 Å². The Bertz CT molecular complexity index is 644. The monoisotopic (exact) mass is 336 g/mol. The second-order valence-corrected chi connectivity index (χ2v) is 6.05. The molecule has 0 saturated carbocycles. The Kier molecular flexibility index (Phi) is 4.68. The highest BCUT2D eigenvalue weighted by atomic mass is 16.6. The summed E-state index contributed by atoms with van der Waals surface area (Å²) < 4.78 is 6.22. The predicted molar refractivity (Wildman–Crippen MR) is 81.3 cm³/mol. The van der Waals surface area contributed by atoms with Crippen molar-refractivity contribution in [1.29, 1.82) is 0 Å². The number of amides is 2. The number of cyclic esters (lactones) is 1. The van der Waals surface area contributed by atoms with Gasteiger partial charge in [0.05, 0.1) is 12.2 Å². The Morgan fingerprint density at radius 2 is 2.17 bits per heavy atom. The second kappa shape index (κ2) is 6.90. The fraction of sp³-hybridized carbons (Fsp3) is 0.600. The second-order valence-electron chi connectivity index (χ2n) is 6.05. The Balaban J connectivity index is 1.59. The van der Waals surface area contributed by atoms with Crippen molar-refractivity contribution in [2.24, 2.45) is 0 Å². The number of aromatic nitrogens is 2. The zero-order chi connectivity index (χ0) is 17.1. The summed E-state index contributed by atoms with van der Waals surface area (Å²) in [7, 11) is 0. The van der Waals surface area contributed by atoms with Crippen LogP contribution in [0.15, 0.2) is 12.3 Å². The van der Waals surface area contributed by atoms with Gasteiger partial charge in [-0.15, -0.1) is 0 Å². The summed E-state index contributed by atoms with van der Waals surface area (Å²) in [6.07, 6.45) is 2.96. The normalized spacial score (nSPS) is 21.0. The Hall–Kier alpha value is -2.58. The number of ether oxygens (including phenoxy) is 1. The molecule has 2 aliphatic heterocycles. The molecule has 2 fully saturated rings. The molecule has 1 aromatic rings. The highest BCUT2D eigenvalue weighted by Gasteiger charge is 2.30. The largest absolute Gasteiger partial charge is 0.480 e. The zero-order valence-electron chi connectivity index (χ0n) is 13.3. The third-order valence-electron chi connectivity index (χ3n) is 4.32. The smallest absolute Gasteiger partial charge is 0.410 e. The van der Waals surface area contributed by atoms with Gasteiger partial charge in [-0.25, -0.2) is 4.79 Å². The molecule has 24 heavy (non-hydrogen) atoms. The quantitative estimate of drug-likeness (QED) is 0.819. The lowest BCUT2D eigenvalue weighted by atomic mass is 9.95. The van der Waals surface area contributed by atoms with Gasteiger partial charge in [0.25, 0.3) is 0 Å². The summed E-state index contributed by atoms with van der Waals surface area (Å²) in [5.74, 6) is -0.950. The molecular weight excluding hydrogens is 316 g/mol. The number of piperidine rings is 1. The van der Waals surface area contributed by atoms with E-state index >= 15 is 0 Å². The Labute approximate surface area is 138 Å². The summed E-state index contributed by atoms with van der Waals surface area (Å²) in [5, 5.41) is 13.1. The van der Waals surface area contributed by atoms with Gasteiger partial charge < -0.3 is 14.7 Å². The summed E-state index contributed by atoms with van der Waals surface area (Å²) >= 11 is 0. The topological polar surface area (TPSA) is 105 Å². The van der Waals surface area contributed by atoms with Crippen molar-refractivity contribution < 1.29 is 24.2 Å². The van der Waals surface area contributed by atoms with E-state index in [4.69, 9.17) is 9.84 Å². The predicted octanol–water partition coefficient (Wildman–Crippen LogP) is 0.126. The van der Waals surface area contributed by atoms with Crippen LogP contribution in [0.2, 0.25) is 0 Å². The first-order valence-corrected chi connectivity index (χ1v) is 7.97. The lowest BCUT2D eigenvalue weighted by Gasteiger charge is -2.32. The van der Waals surface area contributed by atoms with Crippen LogP contribution in [0, 0.1) is 0 Å². The van der Waals surface area contributed by atoms with Gasteiger partial charge >= 0.3 is 12.1 Å². The SMILES string of the molecule is O=C(O)Cn1ccc(C2CCCN(C(=O)CN3CCOC3=O)C2)n1. The summed E-state index contributed by atoms with van der Waals surface area (Å²) in [5.41, 5.74) is 0.800. The molecule has 3 heterocycles. The third-order valence-corrected chi connectivity index (χ3v) is 4.32. The minimum absolute atomic E-state index is 0.0407. The molecule has 0 aromatic carbocycles. The summed E-state index contributed by atoms with van der Waals surface area (Å²) in [6, 6.07) is 1.80. The Morgan fingerprint density at radius 1 is 1.33 bits per heavy atom. The van der Waals surface area contributed by atoms with Gasteiger partial charge in [-0.3, -0.25) is 19.2 Å². The van der Waals surface area contributed by atoms with Gasteiger partial charge in [-0.2, -0.15) is 5.10 Å². The van der Waals surface area contributed by atoms with Crippen molar-refractivity contribution in [3.63, 3.8) is 0 Å². The molecule has 0 spiro atoms. The van der Waals surface area contributed by atoms with Gasteiger partial charge in [0.1, 0.15) is 19.7 Å². The molecule has 0 aliphatic carbocycles. The van der Waals surface area contributed by atoms with Crippen molar-refractivity contribution in [3.8, 4) is 0 Å². The molecule has 9 nitrogen and oxygen atoms in total. The fourth-order valence-corrected chi connectivity index (χ4v) is 3.10. The lowest BCUT2D eigenvalue weighted by Crippen LogP contribution is -2.45. The molecule has 1 atom stereocenters. The van der Waals surface area contributed by atoms with Crippen LogP contribution in [0.4, 0.5) is 4.79 Å². The molecule has 1 unspecified atom stereocenters. The van der Waals surface area contributed by atoms with E-state index in [1.54, 1.807) is 17.2 Å². The van der Waals surface area contributed by atoms with Gasteiger partial charge in [-0.05, 0) is 18.9 Å². The van der Waals surface area contributed by atoms with Gasteiger partial charge in [0.15, 0.2) is 0 Å². The van der Waals surface area contributed by atoms with E-state index in [1.807, 2.05) is 0 Å². The van der Waals surface area contributed by atoms with Gasteiger partial charge in [-0.1, -0.05) is 0 Å². The first-order chi connectivity index (χ1) is 11.5. The number of aliphatic carboxylic acids is 1. The summed E-state index contributed by atoms with van der Waals surface area (Å²) in [4.78, 5) is 37.7. The average molecular weight is 336 g/mol. The molecule has 0 radical (unpaired) electrons. The number of carbonyl (C=O) groups excluding carboxylic acids is 2. The minimum atomic E-state index is -0.942. The van der Waals surface area contributed by atoms with Crippen LogP contribution < -0.4 is 0 Å². The first-order valence-electron chi connectivity index (χ1n) is 7.97. The molecule has 1 aromatic heterocycles. The molecular formula is C15H20N4O5. The Morgan fingerprint density at radius 3 is 2.88 bits per heavy atom. The number of hydrogen-bond donors (Lipinski definition) is 1. The molecule has 2 saturated heterocycles. The van der Waals surface area contributed by atoms with E-state index in [0.29, 0.717) is 26.2 Å². The molecule has 3 rings (SSSR count). The average Bonchev–Trinajstić information content (AvgIpc) is 3.17. The number of hydrogen-bond acceptors (Lipinski definition) is 5. The van der Waals surface area contributed by atoms with Crippen LogP contribution in [0.1, 0.15) is 24.5 Å². The highest BCUT2D eigenvalue weighted by Crippen LogP contribution is 2.25. The van der Waals surface area contributed by atoms with E-state index in [1.165, 1.54) is 9.58 Å². The highest BCUT2D eigenvalue weighted by molar-refractivity contribution is 5.83. The van der Waals surface area contributed by atoms with Crippen LogP contribution in [0.5, 0.6) is 0 Å². The maximum atomic E-state index is 12.4. The zero-order valence-corrected chi connectivity index (χ0v) is 13.3. The molecule has 2 amide bonds. The van der Waals surface area contributed by atoms with E-state index in [0.717, 1.165) is 18.5 Å². The van der Waals surface area contributed by atoms with Crippen LogP contribution in [-0.2, 0) is 20.9 Å². The number of rotatable bonds is 5. The molecule has 1 N–H and O–H groups in total. The summed E-state index contributed by atoms with van der Waals surface area (Å²) in [6.45, 7) is 1.84. The van der Waals surface area contributed by atoms with E-state index in [9.17, 15) is 14.4 Å². The van der Waals surface area contributed by atoms with Gasteiger partial charge in [0, 0.05) is 25.2 Å². The van der Waals surface area contributed by atoms with Crippen LogP contribution in [0.3, 0.4) is 0 Å². The molecule has 9 heteroatoms. The lowest BCUT2D eigenvalue weighted by molar-refractivity contribution is -0.138. The van der Waals surface area contributed by atoms with Gasteiger partial charge in [0.2, 0.25) is 5.91 Å². The number of likely N-dealkylation sites (tertiary alicyclic amines) is 1. The van der Waals surface area contributed by atoms with E-state index in [-0.39, 0.29) is 24.9 Å². The first kappa shape index (κ1) is 16.3. The van der Waals surface area contributed by atoms with E-state index in [2.05, 4.69) is 5.10 Å². The maximum absolute atomic E-state index is 12.4. The number of nitrogens with zero attached hydrogens (tertiary/aromatic N) is 4. The standard InChI is InChI=1S/C15H20N4O5/c20-13(9-18-6-7-24-15(18)23)17-4-1-2-11(8-17)12-3-5-19(16-12)10-14(21)22/h3,5,11H,1-2,4,6-10H2,(H,21,22). The maximum Gasteiger partial charge on any atom is 0.410 e. The van der Waals surface area contributed by atoms with Crippen LogP contribution in [0.25, 0.3) is 0 Å². The van der Waals surface area contributed by atoms with Crippen molar-refractivity contribution in [2.45, 2.75) is 25.3 Å². The van der Waals surface area contributed by atoms with Crippen molar-refractivity contribution in [1.82, 2.24) is 19.6 Å². The number of carboxylic acid groups (broad SMARTS) is 1. The number of carboxylic acids is 1. The fourth-order valence-electron chi connectivity index (χ4n) is 3.10. The van der Waals surface area contributed by atoms with Crippen molar-refractivity contribution in [3.05, 3.63) is 18.0 Å². The molecule has 2 aliphatic rings.